The Labute approximate surface area is 327 Å². The van der Waals surface area contributed by atoms with Gasteiger partial charge < -0.3 is 0 Å². The Morgan fingerprint density at radius 3 is 1.94 bits per heavy atom. The maximum absolute atomic E-state index is 5.62. The van der Waals surface area contributed by atoms with E-state index in [0.29, 0.717) is 9.87 Å². The number of aromatic nitrogens is 3. The Morgan fingerprint density at radius 2 is 1.19 bits per heavy atom. The van der Waals surface area contributed by atoms with Gasteiger partial charge in [-0.2, -0.15) is 0 Å². The molecule has 0 fully saturated rings. The predicted molar refractivity (Wildman–Crippen MR) is 238 cm³/mol. The van der Waals surface area contributed by atoms with Gasteiger partial charge in [-0.15, -0.1) is 22.7 Å². The fraction of sp³-hybridized carbons (Fsp3) is 0.0638. The summed E-state index contributed by atoms with van der Waals surface area (Å²) in [5, 5.41) is 9.88. The normalized spacial score (nSPS) is 12.7. The monoisotopic (exact) mass is 827 g/mol. The summed E-state index contributed by atoms with van der Waals surface area (Å²) < 4.78 is 6.71. The molecule has 0 bridgehead atoms. The van der Waals surface area contributed by atoms with E-state index in [1.54, 1.807) is 11.3 Å². The van der Waals surface area contributed by atoms with Crippen LogP contribution in [-0.2, 0) is 6.42 Å². The van der Waals surface area contributed by atoms with Gasteiger partial charge in [-0.25, -0.2) is 9.97 Å². The molecule has 0 aliphatic carbocycles. The average Bonchev–Trinajstić information content (AvgIpc) is 3.88. The van der Waals surface area contributed by atoms with Crippen LogP contribution in [0.25, 0.3) is 101 Å². The molecule has 0 saturated carbocycles. The molecule has 4 aromatic heterocycles. The first kappa shape index (κ1) is 31.4. The van der Waals surface area contributed by atoms with E-state index in [1.807, 2.05) is 11.3 Å². The van der Waals surface area contributed by atoms with Crippen molar-refractivity contribution in [1.29, 1.82) is 0 Å². The minimum absolute atomic E-state index is 0.597. The van der Waals surface area contributed by atoms with E-state index in [4.69, 9.17) is 9.97 Å². The number of para-hydroxylation sites is 1. The molecule has 252 valence electrons. The van der Waals surface area contributed by atoms with E-state index in [0.717, 1.165) is 33.4 Å². The molecule has 53 heavy (non-hydrogen) atoms. The molecular weight excluding hydrogens is 798 g/mol. The van der Waals surface area contributed by atoms with Crippen molar-refractivity contribution in [3.05, 3.63) is 151 Å². The van der Waals surface area contributed by atoms with E-state index >= 15 is 0 Å². The van der Waals surface area contributed by atoms with Crippen LogP contribution >= 0.6 is 45.3 Å². The fourth-order valence-electron chi connectivity index (χ4n) is 8.26. The van der Waals surface area contributed by atoms with E-state index in [9.17, 15) is 0 Å². The largest absolute Gasteiger partial charge is 0.276 e. The quantitative estimate of drug-likeness (QED) is 0.128. The van der Waals surface area contributed by atoms with Crippen LogP contribution in [-0.4, -0.2) is 18.5 Å². The standard InChI is InChI=1S/C47H30IN3S2/c1-27(48)25-28-21-23-29(24-22-28)30-11-10-12-31(26-30)43-42-36-17-6-9-20-39(36)53-46(42)50-47(49-43)51-37-18-7-4-15-34(37)40-32-13-2-3-14-33(32)41-35-16-5-8-19-38(35)52-45(41)44(40)51/h2-24,26-27H,25H2,1H3. The van der Waals surface area contributed by atoms with Crippen LogP contribution < -0.4 is 0 Å². The molecule has 0 N–H and O–H groups in total. The molecule has 1 unspecified atom stereocenters. The van der Waals surface area contributed by atoms with Gasteiger partial charge in [-0.1, -0.05) is 151 Å². The number of fused-ring (bicyclic) bond motifs is 13. The van der Waals surface area contributed by atoms with Gasteiger partial charge in [-0.05, 0) is 58.1 Å². The van der Waals surface area contributed by atoms with Gasteiger partial charge in [-0.3, -0.25) is 4.57 Å². The van der Waals surface area contributed by atoms with E-state index < -0.39 is 0 Å². The van der Waals surface area contributed by atoms with Crippen molar-refractivity contribution in [2.45, 2.75) is 17.3 Å². The molecule has 0 spiro atoms. The number of thiophene rings is 2. The van der Waals surface area contributed by atoms with E-state index in [-0.39, 0.29) is 0 Å². The van der Waals surface area contributed by atoms with Gasteiger partial charge in [0, 0.05) is 51.2 Å². The van der Waals surface area contributed by atoms with Crippen LogP contribution in [0.4, 0.5) is 0 Å². The van der Waals surface area contributed by atoms with Crippen LogP contribution in [0.1, 0.15) is 12.5 Å². The van der Waals surface area contributed by atoms with Crippen molar-refractivity contribution in [3.63, 3.8) is 0 Å². The minimum Gasteiger partial charge on any atom is -0.276 e. The van der Waals surface area contributed by atoms with Gasteiger partial charge in [0.2, 0.25) is 5.95 Å². The second-order valence-electron chi connectivity index (χ2n) is 13.8. The third kappa shape index (κ3) is 4.89. The lowest BCUT2D eigenvalue weighted by atomic mass is 9.98. The van der Waals surface area contributed by atoms with Gasteiger partial charge in [0.1, 0.15) is 4.83 Å². The molecule has 0 aliphatic heterocycles. The first-order valence-electron chi connectivity index (χ1n) is 17.9. The van der Waals surface area contributed by atoms with Crippen LogP contribution in [0.2, 0.25) is 0 Å². The molecule has 7 aromatic carbocycles. The Morgan fingerprint density at radius 1 is 0.566 bits per heavy atom. The number of rotatable bonds is 5. The number of benzene rings is 7. The lowest BCUT2D eigenvalue weighted by molar-refractivity contribution is 0.977. The van der Waals surface area contributed by atoms with Crippen molar-refractivity contribution in [3.8, 4) is 28.3 Å². The zero-order valence-corrected chi connectivity index (χ0v) is 32.5. The summed E-state index contributed by atoms with van der Waals surface area (Å²) in [6, 6.07) is 53.1. The molecule has 0 saturated heterocycles. The highest BCUT2D eigenvalue weighted by molar-refractivity contribution is 14.1. The van der Waals surface area contributed by atoms with Crippen LogP contribution in [0.15, 0.2) is 146 Å². The number of nitrogens with zero attached hydrogens (tertiary/aromatic N) is 3. The molecule has 0 radical (unpaired) electrons. The highest BCUT2D eigenvalue weighted by Crippen LogP contribution is 2.48. The van der Waals surface area contributed by atoms with Gasteiger partial charge in [0.15, 0.2) is 0 Å². The Hall–Kier alpha value is -5.15. The third-order valence-electron chi connectivity index (χ3n) is 10.5. The smallest absolute Gasteiger partial charge is 0.236 e. The number of hydrogen-bond donors (Lipinski definition) is 0. The van der Waals surface area contributed by atoms with Crippen molar-refractivity contribution >= 4 is 118 Å². The summed E-state index contributed by atoms with van der Waals surface area (Å²) >= 11 is 6.12. The van der Waals surface area contributed by atoms with Crippen molar-refractivity contribution in [2.24, 2.45) is 0 Å². The first-order chi connectivity index (χ1) is 26.1. The summed E-state index contributed by atoms with van der Waals surface area (Å²) in [5.74, 6) is 0.696. The molecule has 0 amide bonds. The highest BCUT2D eigenvalue weighted by atomic mass is 127. The Bertz CT molecular complexity index is 3240. The van der Waals surface area contributed by atoms with Gasteiger partial charge in [0.05, 0.1) is 21.4 Å². The summed E-state index contributed by atoms with van der Waals surface area (Å²) in [6.45, 7) is 2.26. The summed E-state index contributed by atoms with van der Waals surface area (Å²) in [5.41, 5.74) is 8.08. The maximum Gasteiger partial charge on any atom is 0.236 e. The zero-order valence-electron chi connectivity index (χ0n) is 28.7. The van der Waals surface area contributed by atoms with Crippen molar-refractivity contribution < 1.29 is 0 Å². The van der Waals surface area contributed by atoms with E-state index in [2.05, 4.69) is 180 Å². The molecule has 4 heterocycles. The maximum atomic E-state index is 5.62. The molecule has 0 aliphatic rings. The van der Waals surface area contributed by atoms with E-state index in [1.165, 1.54) is 74.0 Å². The molecular formula is C47H30IN3S2. The second-order valence-corrected chi connectivity index (χ2v) is 18.0. The Kier molecular flexibility index (Phi) is 7.22. The Balaban J connectivity index is 1.24. The average molecular weight is 828 g/mol. The minimum atomic E-state index is 0.597. The van der Waals surface area contributed by atoms with Gasteiger partial charge >= 0.3 is 0 Å². The number of halogens is 1. The predicted octanol–water partition coefficient (Wildman–Crippen LogP) is 14.2. The number of alkyl halides is 1. The molecule has 6 heteroatoms. The summed E-state index contributed by atoms with van der Waals surface area (Å²) in [6.07, 6.45) is 1.07. The van der Waals surface area contributed by atoms with Crippen molar-refractivity contribution in [1.82, 2.24) is 14.5 Å². The fourth-order valence-corrected chi connectivity index (χ4v) is 11.1. The molecule has 1 atom stereocenters. The molecule has 11 rings (SSSR count). The van der Waals surface area contributed by atoms with Crippen molar-refractivity contribution in [2.75, 3.05) is 0 Å². The summed E-state index contributed by atoms with van der Waals surface area (Å²) in [7, 11) is 0. The topological polar surface area (TPSA) is 30.7 Å². The molecule has 3 nitrogen and oxygen atoms in total. The van der Waals surface area contributed by atoms with Crippen LogP contribution in [0, 0.1) is 0 Å². The zero-order chi connectivity index (χ0) is 35.2. The van der Waals surface area contributed by atoms with Crippen LogP contribution in [0.5, 0.6) is 0 Å². The third-order valence-corrected chi connectivity index (χ3v) is 13.2. The highest BCUT2D eigenvalue weighted by Gasteiger charge is 2.24. The molecule has 11 aromatic rings. The second kappa shape index (κ2) is 12.2. The first-order valence-corrected chi connectivity index (χ1v) is 20.8. The summed E-state index contributed by atoms with van der Waals surface area (Å²) in [4.78, 5) is 12.1. The lowest BCUT2D eigenvalue weighted by Gasteiger charge is -2.12. The SMILES string of the molecule is CC(I)Cc1ccc(-c2cccc(-c3nc(-n4c5ccccc5c5c6ccccc6c6c7ccccc7sc6c54)nc4sc5ccccc5c34)c2)cc1. The lowest BCUT2D eigenvalue weighted by Crippen LogP contribution is -2.03. The number of hydrogen-bond acceptors (Lipinski definition) is 4. The van der Waals surface area contributed by atoms with Gasteiger partial charge in [0.25, 0.3) is 0 Å². The van der Waals surface area contributed by atoms with Crippen LogP contribution in [0.3, 0.4) is 0 Å².